The predicted molar refractivity (Wildman–Crippen MR) is 34.4 cm³/mol. The zero-order valence-electron chi connectivity index (χ0n) is 5.44. The molecule has 2 heteroatoms. The van der Waals surface area contributed by atoms with Crippen LogP contribution in [0.3, 0.4) is 0 Å². The summed E-state index contributed by atoms with van der Waals surface area (Å²) in [6.45, 7) is 3.88. The van der Waals surface area contributed by atoms with Crippen LogP contribution in [-0.2, 0) is 0 Å². The van der Waals surface area contributed by atoms with E-state index in [0.717, 1.165) is 18.4 Å². The molecule has 0 heterocycles. The summed E-state index contributed by atoms with van der Waals surface area (Å²) in [5.74, 6) is -0.0214. The maximum absolute atomic E-state index is 8.61. The first-order valence-electron chi connectivity index (χ1n) is 2.82. The zero-order chi connectivity index (χ0) is 6.57. The number of aliphatic hydroxyl groups is 1. The Morgan fingerprint density at radius 1 is 1.62 bits per heavy atom. The van der Waals surface area contributed by atoms with Crippen LogP contribution in [0.5, 0.6) is 0 Å². The van der Waals surface area contributed by atoms with Crippen molar-refractivity contribution in [2.45, 2.75) is 26.7 Å². The minimum Gasteiger partial charge on any atom is -0.495 e. The molecule has 0 bridgehead atoms. The summed E-state index contributed by atoms with van der Waals surface area (Å²) >= 11 is 0. The van der Waals surface area contributed by atoms with Crippen molar-refractivity contribution in [3.8, 4) is 0 Å². The summed E-state index contributed by atoms with van der Waals surface area (Å²) in [4.78, 5) is 0. The maximum atomic E-state index is 8.61. The molecule has 0 amide bonds. The van der Waals surface area contributed by atoms with Gasteiger partial charge >= 0.3 is 0 Å². The molecule has 0 aliphatic carbocycles. The van der Waals surface area contributed by atoms with Crippen LogP contribution in [0.2, 0.25) is 0 Å². The van der Waals surface area contributed by atoms with Gasteiger partial charge in [-0.1, -0.05) is 13.3 Å². The third kappa shape index (κ3) is 2.50. The van der Waals surface area contributed by atoms with Crippen LogP contribution >= 0.6 is 0 Å². The summed E-state index contributed by atoms with van der Waals surface area (Å²) in [7, 11) is 0. The standard InChI is InChI=1S/C6H13NO/c1-3-4-5(2)6(7)8/h8H,3-4,7H2,1-2H3. The molecule has 0 saturated carbocycles. The van der Waals surface area contributed by atoms with Crippen molar-refractivity contribution in [2.24, 2.45) is 5.73 Å². The normalized spacial score (nSPS) is 13.2. The quantitative estimate of drug-likeness (QED) is 0.536. The van der Waals surface area contributed by atoms with E-state index in [-0.39, 0.29) is 5.88 Å². The fraction of sp³-hybridized carbons (Fsp3) is 0.667. The Hall–Kier alpha value is -0.660. The first-order valence-corrected chi connectivity index (χ1v) is 2.82. The Kier molecular flexibility index (Phi) is 3.08. The number of hydrogen-bond acceptors (Lipinski definition) is 2. The topological polar surface area (TPSA) is 46.2 Å². The average Bonchev–Trinajstić information content (AvgIpc) is 1.67. The van der Waals surface area contributed by atoms with Crippen LogP contribution in [0.4, 0.5) is 0 Å². The summed E-state index contributed by atoms with van der Waals surface area (Å²) in [6.07, 6.45) is 1.93. The molecule has 2 nitrogen and oxygen atoms in total. The van der Waals surface area contributed by atoms with Crippen LogP contribution in [0.1, 0.15) is 26.7 Å². The number of rotatable bonds is 2. The maximum Gasteiger partial charge on any atom is 0.180 e. The predicted octanol–water partition coefficient (Wildman–Crippen LogP) is 1.53. The van der Waals surface area contributed by atoms with E-state index in [0.29, 0.717) is 0 Å². The van der Waals surface area contributed by atoms with Gasteiger partial charge in [0.05, 0.1) is 0 Å². The molecule has 0 atom stereocenters. The number of hydrogen-bond donors (Lipinski definition) is 2. The Morgan fingerprint density at radius 3 is 2.25 bits per heavy atom. The second-order valence-corrected chi connectivity index (χ2v) is 1.92. The van der Waals surface area contributed by atoms with Crippen LogP contribution < -0.4 is 5.73 Å². The highest BCUT2D eigenvalue weighted by atomic mass is 16.3. The van der Waals surface area contributed by atoms with E-state index in [9.17, 15) is 0 Å². The van der Waals surface area contributed by atoms with E-state index in [1.54, 1.807) is 0 Å². The molecule has 0 rings (SSSR count). The molecule has 0 aromatic carbocycles. The van der Waals surface area contributed by atoms with E-state index in [1.165, 1.54) is 0 Å². The van der Waals surface area contributed by atoms with Gasteiger partial charge in [-0.3, -0.25) is 0 Å². The van der Waals surface area contributed by atoms with E-state index < -0.39 is 0 Å². The van der Waals surface area contributed by atoms with Crippen LogP contribution in [0.25, 0.3) is 0 Å². The van der Waals surface area contributed by atoms with Crippen LogP contribution in [0, 0.1) is 0 Å². The van der Waals surface area contributed by atoms with Crippen molar-refractivity contribution in [2.75, 3.05) is 0 Å². The molecule has 0 saturated heterocycles. The summed E-state index contributed by atoms with van der Waals surface area (Å²) in [5, 5.41) is 8.61. The fourth-order valence-electron chi connectivity index (χ4n) is 0.503. The monoisotopic (exact) mass is 115 g/mol. The van der Waals surface area contributed by atoms with Gasteiger partial charge < -0.3 is 10.8 Å². The molecule has 0 spiro atoms. The zero-order valence-corrected chi connectivity index (χ0v) is 5.44. The molecule has 0 aliphatic rings. The van der Waals surface area contributed by atoms with E-state index in [4.69, 9.17) is 10.8 Å². The molecule has 48 valence electrons. The molecule has 0 fully saturated rings. The van der Waals surface area contributed by atoms with Crippen molar-refractivity contribution >= 4 is 0 Å². The number of nitrogens with two attached hydrogens (primary N) is 1. The molecular weight excluding hydrogens is 102 g/mol. The van der Waals surface area contributed by atoms with Gasteiger partial charge in [-0.2, -0.15) is 0 Å². The molecule has 0 unspecified atom stereocenters. The van der Waals surface area contributed by atoms with E-state index in [2.05, 4.69) is 0 Å². The SMILES string of the molecule is CCCC(C)=C(N)O. The second kappa shape index (κ2) is 3.36. The van der Waals surface area contributed by atoms with Gasteiger partial charge in [-0.05, 0) is 18.9 Å². The van der Waals surface area contributed by atoms with Gasteiger partial charge in [0, 0.05) is 0 Å². The minimum atomic E-state index is -0.0214. The Balaban J connectivity index is 3.62. The summed E-state index contributed by atoms with van der Waals surface area (Å²) in [5.41, 5.74) is 5.94. The molecule has 0 aromatic rings. The first kappa shape index (κ1) is 7.34. The molecule has 0 aromatic heterocycles. The number of allylic oxidation sites excluding steroid dienone is 1. The molecule has 3 N–H and O–H groups in total. The highest BCUT2D eigenvalue weighted by molar-refractivity contribution is 4.99. The van der Waals surface area contributed by atoms with Gasteiger partial charge in [-0.15, -0.1) is 0 Å². The van der Waals surface area contributed by atoms with Crippen LogP contribution in [-0.4, -0.2) is 5.11 Å². The Labute approximate surface area is 50.0 Å². The molecule has 8 heavy (non-hydrogen) atoms. The molecule has 0 radical (unpaired) electrons. The van der Waals surface area contributed by atoms with E-state index in [1.807, 2.05) is 13.8 Å². The largest absolute Gasteiger partial charge is 0.495 e. The summed E-state index contributed by atoms with van der Waals surface area (Å²) in [6, 6.07) is 0. The van der Waals surface area contributed by atoms with Gasteiger partial charge in [0.1, 0.15) is 0 Å². The molecular formula is C6H13NO. The lowest BCUT2D eigenvalue weighted by molar-refractivity contribution is 0.395. The van der Waals surface area contributed by atoms with Gasteiger partial charge in [0.2, 0.25) is 0 Å². The average molecular weight is 115 g/mol. The van der Waals surface area contributed by atoms with Gasteiger partial charge in [-0.25, -0.2) is 0 Å². The Bertz CT molecular complexity index is 92.7. The van der Waals surface area contributed by atoms with Crippen molar-refractivity contribution in [1.29, 1.82) is 0 Å². The smallest absolute Gasteiger partial charge is 0.180 e. The first-order chi connectivity index (χ1) is 3.68. The third-order valence-corrected chi connectivity index (χ3v) is 1.06. The minimum absolute atomic E-state index is 0.0214. The lowest BCUT2D eigenvalue weighted by Gasteiger charge is -1.96. The number of aliphatic hydroxyl groups excluding tert-OH is 1. The third-order valence-electron chi connectivity index (χ3n) is 1.06. The second-order valence-electron chi connectivity index (χ2n) is 1.92. The van der Waals surface area contributed by atoms with Gasteiger partial charge in [0.25, 0.3) is 0 Å². The van der Waals surface area contributed by atoms with Crippen molar-refractivity contribution in [3.63, 3.8) is 0 Å². The van der Waals surface area contributed by atoms with Gasteiger partial charge in [0.15, 0.2) is 5.88 Å². The summed E-state index contributed by atoms with van der Waals surface area (Å²) < 4.78 is 0. The van der Waals surface area contributed by atoms with Crippen molar-refractivity contribution in [3.05, 3.63) is 11.5 Å². The fourth-order valence-corrected chi connectivity index (χ4v) is 0.503. The van der Waals surface area contributed by atoms with E-state index >= 15 is 0 Å². The van der Waals surface area contributed by atoms with Crippen molar-refractivity contribution < 1.29 is 5.11 Å². The lowest BCUT2D eigenvalue weighted by atomic mass is 10.2. The molecule has 0 aliphatic heterocycles. The van der Waals surface area contributed by atoms with Crippen LogP contribution in [0.15, 0.2) is 11.5 Å². The highest BCUT2D eigenvalue weighted by Gasteiger charge is 1.90. The highest BCUT2D eigenvalue weighted by Crippen LogP contribution is 2.03. The lowest BCUT2D eigenvalue weighted by Crippen LogP contribution is -1.98. The Morgan fingerprint density at radius 2 is 2.12 bits per heavy atom. The van der Waals surface area contributed by atoms with Crippen molar-refractivity contribution in [1.82, 2.24) is 0 Å².